The number of nitrogens with zero attached hydrogens (tertiary/aromatic N) is 4. The zero-order valence-corrected chi connectivity index (χ0v) is 21.5. The molecule has 2 aromatic heterocycles. The summed E-state index contributed by atoms with van der Waals surface area (Å²) in [5, 5.41) is 20.0. The van der Waals surface area contributed by atoms with Gasteiger partial charge in [-0.05, 0) is 30.3 Å². The van der Waals surface area contributed by atoms with Gasteiger partial charge in [-0.3, -0.25) is 9.59 Å². The lowest BCUT2D eigenvalue weighted by atomic mass is 10.0. The molecule has 200 valence electrons. The van der Waals surface area contributed by atoms with Crippen molar-refractivity contribution in [1.82, 2.24) is 19.6 Å². The lowest BCUT2D eigenvalue weighted by Gasteiger charge is -2.18. The summed E-state index contributed by atoms with van der Waals surface area (Å²) >= 11 is 0. The van der Waals surface area contributed by atoms with E-state index >= 15 is 0 Å². The average Bonchev–Trinajstić information content (AvgIpc) is 3.55. The number of aliphatic hydroxyl groups is 1. The summed E-state index contributed by atoms with van der Waals surface area (Å²) in [6.07, 6.45) is 0.541. The van der Waals surface area contributed by atoms with E-state index in [1.54, 1.807) is 74.0 Å². The van der Waals surface area contributed by atoms with E-state index in [-0.39, 0.29) is 31.0 Å². The third-order valence-corrected chi connectivity index (χ3v) is 6.89. The molecule has 0 spiro atoms. The fourth-order valence-corrected chi connectivity index (χ4v) is 5.03. The van der Waals surface area contributed by atoms with Crippen molar-refractivity contribution in [3.63, 3.8) is 0 Å². The highest BCUT2D eigenvalue weighted by atomic mass is 16.5. The zero-order valence-electron chi connectivity index (χ0n) is 21.5. The minimum absolute atomic E-state index is 0.0308. The van der Waals surface area contributed by atoms with Crippen LogP contribution in [0.1, 0.15) is 32.0 Å². The van der Waals surface area contributed by atoms with E-state index in [2.05, 4.69) is 10.3 Å². The second kappa shape index (κ2) is 10.2. The SMILES string of the molecule is COc1ccc(C(=O)OCc2cn(CC(O)Cn3c4c(c5ccccc5c3=O)C(=O)c3ccccc3-4)nn2)cc1. The van der Waals surface area contributed by atoms with Crippen molar-refractivity contribution >= 4 is 22.5 Å². The molecular weight excluding hydrogens is 512 g/mol. The molecule has 3 aromatic carbocycles. The molecule has 0 radical (unpaired) electrons. The Morgan fingerprint density at radius 3 is 2.38 bits per heavy atom. The number of ether oxygens (including phenoxy) is 2. The second-order valence-electron chi connectivity index (χ2n) is 9.45. The molecule has 1 aliphatic carbocycles. The number of ketones is 1. The van der Waals surface area contributed by atoms with Gasteiger partial charge in [-0.25, -0.2) is 9.48 Å². The van der Waals surface area contributed by atoms with Crippen LogP contribution in [0, 0.1) is 0 Å². The largest absolute Gasteiger partial charge is 0.497 e. The molecule has 1 unspecified atom stereocenters. The highest BCUT2D eigenvalue weighted by Crippen LogP contribution is 2.39. The van der Waals surface area contributed by atoms with E-state index in [4.69, 9.17) is 9.47 Å². The standard InChI is InChI=1S/C30H24N4O6/c1-39-21-12-10-18(11-13-21)30(38)40-17-19-14-33(32-31-19)15-20(35)16-34-27-23-7-3-4-8-24(23)28(36)26(27)22-6-2-5-9-25(22)29(34)37/h2-14,20,35H,15-17H2,1H3. The van der Waals surface area contributed by atoms with Crippen molar-refractivity contribution in [2.45, 2.75) is 25.8 Å². The van der Waals surface area contributed by atoms with E-state index in [0.29, 0.717) is 50.2 Å². The molecule has 6 rings (SSSR count). The first-order chi connectivity index (χ1) is 19.4. The third kappa shape index (κ3) is 4.44. The van der Waals surface area contributed by atoms with Gasteiger partial charge in [-0.1, -0.05) is 47.7 Å². The number of fused-ring (bicyclic) bond motifs is 5. The average molecular weight is 537 g/mol. The molecule has 0 fully saturated rings. The number of methoxy groups -OCH3 is 1. The lowest BCUT2D eigenvalue weighted by molar-refractivity contribution is 0.0467. The smallest absolute Gasteiger partial charge is 0.338 e. The quantitative estimate of drug-likeness (QED) is 0.294. The first-order valence-corrected chi connectivity index (χ1v) is 12.6. The minimum atomic E-state index is -1.03. The topological polar surface area (TPSA) is 126 Å². The first-order valence-electron chi connectivity index (χ1n) is 12.6. The molecular formula is C30H24N4O6. The van der Waals surface area contributed by atoms with Crippen molar-refractivity contribution in [1.29, 1.82) is 0 Å². The molecule has 10 nitrogen and oxygen atoms in total. The fourth-order valence-electron chi connectivity index (χ4n) is 5.03. The van der Waals surface area contributed by atoms with E-state index in [1.807, 2.05) is 12.1 Å². The van der Waals surface area contributed by atoms with Crippen molar-refractivity contribution in [3.05, 3.63) is 112 Å². The maximum atomic E-state index is 13.5. The Bertz CT molecular complexity index is 1820. The molecule has 0 amide bonds. The van der Waals surface area contributed by atoms with Crippen LogP contribution in [0.4, 0.5) is 0 Å². The summed E-state index contributed by atoms with van der Waals surface area (Å²) < 4.78 is 13.3. The van der Waals surface area contributed by atoms with Crippen LogP contribution < -0.4 is 10.3 Å². The number of pyridine rings is 1. The summed E-state index contributed by atoms with van der Waals surface area (Å²) in [5.41, 5.74) is 2.65. The molecule has 0 bridgehead atoms. The maximum absolute atomic E-state index is 13.5. The number of benzene rings is 3. The Morgan fingerprint density at radius 2 is 1.62 bits per heavy atom. The van der Waals surface area contributed by atoms with Gasteiger partial charge in [0.25, 0.3) is 5.56 Å². The number of hydrogen-bond donors (Lipinski definition) is 1. The summed E-state index contributed by atoms with van der Waals surface area (Å²) in [7, 11) is 1.54. The maximum Gasteiger partial charge on any atom is 0.338 e. The number of aliphatic hydroxyl groups excluding tert-OH is 1. The Morgan fingerprint density at radius 1 is 0.925 bits per heavy atom. The van der Waals surface area contributed by atoms with Gasteiger partial charge in [0, 0.05) is 21.9 Å². The van der Waals surface area contributed by atoms with E-state index < -0.39 is 12.1 Å². The van der Waals surface area contributed by atoms with E-state index in [1.165, 1.54) is 9.25 Å². The van der Waals surface area contributed by atoms with Crippen LogP contribution in [-0.4, -0.2) is 49.6 Å². The highest BCUT2D eigenvalue weighted by Gasteiger charge is 2.32. The van der Waals surface area contributed by atoms with Gasteiger partial charge in [0.05, 0.1) is 49.3 Å². The Kier molecular flexibility index (Phi) is 6.45. The molecule has 40 heavy (non-hydrogen) atoms. The second-order valence-corrected chi connectivity index (χ2v) is 9.45. The molecule has 2 heterocycles. The van der Waals surface area contributed by atoms with Crippen molar-refractivity contribution < 1.29 is 24.2 Å². The number of carbonyl (C=O) groups is 2. The predicted octanol–water partition coefficient (Wildman–Crippen LogP) is 3.23. The summed E-state index contributed by atoms with van der Waals surface area (Å²) in [6.45, 7) is -0.129. The zero-order chi connectivity index (χ0) is 27.8. The molecule has 10 heteroatoms. The van der Waals surface area contributed by atoms with E-state index in [9.17, 15) is 19.5 Å². The van der Waals surface area contributed by atoms with Crippen LogP contribution in [0.3, 0.4) is 0 Å². The molecule has 1 aliphatic rings. The van der Waals surface area contributed by atoms with Crippen LogP contribution in [0.15, 0.2) is 83.8 Å². The van der Waals surface area contributed by atoms with Crippen molar-refractivity contribution in [2.75, 3.05) is 7.11 Å². The van der Waals surface area contributed by atoms with Crippen LogP contribution in [0.25, 0.3) is 22.0 Å². The van der Waals surface area contributed by atoms with Crippen LogP contribution in [0.2, 0.25) is 0 Å². The number of rotatable bonds is 8. The van der Waals surface area contributed by atoms with Gasteiger partial charge in [0.15, 0.2) is 5.78 Å². The number of aromatic nitrogens is 4. The Labute approximate surface area is 228 Å². The van der Waals surface area contributed by atoms with E-state index in [0.717, 1.165) is 0 Å². The summed E-state index contributed by atoms with van der Waals surface area (Å²) in [5.74, 6) is -0.0310. The minimum Gasteiger partial charge on any atom is -0.497 e. The fraction of sp³-hybridized carbons (Fsp3) is 0.167. The third-order valence-electron chi connectivity index (χ3n) is 6.89. The Balaban J connectivity index is 1.20. The molecule has 0 aliphatic heterocycles. The van der Waals surface area contributed by atoms with Gasteiger partial charge in [-0.2, -0.15) is 0 Å². The van der Waals surface area contributed by atoms with Crippen LogP contribution in [0.5, 0.6) is 5.75 Å². The molecule has 1 atom stereocenters. The molecule has 1 N–H and O–H groups in total. The lowest BCUT2D eigenvalue weighted by Crippen LogP contribution is -2.31. The summed E-state index contributed by atoms with van der Waals surface area (Å²) in [4.78, 5) is 39.2. The van der Waals surface area contributed by atoms with Crippen molar-refractivity contribution in [3.8, 4) is 17.0 Å². The molecule has 0 saturated heterocycles. The number of carbonyl (C=O) groups excluding carboxylic acids is 2. The van der Waals surface area contributed by atoms with Crippen LogP contribution >= 0.6 is 0 Å². The molecule has 5 aromatic rings. The predicted molar refractivity (Wildman–Crippen MR) is 145 cm³/mol. The monoisotopic (exact) mass is 536 g/mol. The molecule has 0 saturated carbocycles. The van der Waals surface area contributed by atoms with Crippen LogP contribution in [-0.2, 0) is 24.4 Å². The number of hydrogen-bond acceptors (Lipinski definition) is 8. The normalized spacial score (nSPS) is 12.7. The van der Waals surface area contributed by atoms with Gasteiger partial charge < -0.3 is 19.1 Å². The van der Waals surface area contributed by atoms with Gasteiger partial charge >= 0.3 is 5.97 Å². The highest BCUT2D eigenvalue weighted by molar-refractivity contribution is 6.26. The van der Waals surface area contributed by atoms with Gasteiger partial charge in [0.1, 0.15) is 18.1 Å². The Hall–Kier alpha value is -5.09. The first kappa shape index (κ1) is 25.2. The summed E-state index contributed by atoms with van der Waals surface area (Å²) in [6, 6.07) is 20.7. The van der Waals surface area contributed by atoms with Gasteiger partial charge in [-0.15, -0.1) is 5.10 Å². The number of esters is 1. The van der Waals surface area contributed by atoms with Gasteiger partial charge in [0.2, 0.25) is 0 Å². The van der Waals surface area contributed by atoms with Crippen molar-refractivity contribution in [2.24, 2.45) is 0 Å².